The lowest BCUT2D eigenvalue weighted by Crippen LogP contribution is -2.37. The Bertz CT molecular complexity index is 2080. The van der Waals surface area contributed by atoms with Gasteiger partial charge in [-0.2, -0.15) is 16.8 Å². The summed E-state index contributed by atoms with van der Waals surface area (Å²) in [6, 6.07) is 9.63. The quantitative estimate of drug-likeness (QED) is 0.148. The number of fused-ring (bicyclic) bond motifs is 4. The van der Waals surface area contributed by atoms with Gasteiger partial charge < -0.3 is 9.80 Å². The Balaban J connectivity index is 1.42. The predicted octanol–water partition coefficient (Wildman–Crippen LogP) is 7.62. The minimum Gasteiger partial charge on any atom is -0.367 e. The van der Waals surface area contributed by atoms with Crippen LogP contribution in [0.15, 0.2) is 94.4 Å². The first-order valence-electron chi connectivity index (χ1n) is 14.0. The maximum Gasteiger partial charge on any atom is 0.295 e. The Hall–Kier alpha value is -2.24. The molecule has 0 aromatic heterocycles. The van der Waals surface area contributed by atoms with Crippen LogP contribution in [-0.2, 0) is 31.1 Å². The average molecular weight is 873 g/mol. The van der Waals surface area contributed by atoms with Crippen molar-refractivity contribution < 1.29 is 25.9 Å². The zero-order chi connectivity index (χ0) is 33.3. The largest absolute Gasteiger partial charge is 0.367 e. The highest BCUT2D eigenvalue weighted by Crippen LogP contribution is 2.50. The summed E-state index contributed by atoms with van der Waals surface area (Å²) < 4.78 is 70.6. The molecule has 1 atom stereocenters. The fourth-order valence-corrected chi connectivity index (χ4v) is 10.6. The summed E-state index contributed by atoms with van der Waals surface area (Å²) in [5.74, 6) is 0. The number of rotatable bonds is 6. The van der Waals surface area contributed by atoms with E-state index in [-0.39, 0.29) is 16.8 Å². The van der Waals surface area contributed by atoms with Crippen LogP contribution < -0.4 is 9.80 Å². The second-order valence-electron chi connectivity index (χ2n) is 12.4. The second kappa shape index (κ2) is 11.8. The smallest absolute Gasteiger partial charge is 0.295 e. The highest BCUT2D eigenvalue weighted by Gasteiger charge is 2.43. The van der Waals surface area contributed by atoms with Crippen molar-refractivity contribution in [2.45, 2.75) is 54.4 Å². The van der Waals surface area contributed by atoms with Gasteiger partial charge in [-0.15, -0.1) is 0 Å². The van der Waals surface area contributed by atoms with Crippen molar-refractivity contribution in [3.8, 4) is 0 Å². The average Bonchev–Trinajstić information content (AvgIpc) is 3.23. The van der Waals surface area contributed by atoms with Gasteiger partial charge in [0, 0.05) is 60.1 Å². The van der Waals surface area contributed by atoms with Crippen molar-refractivity contribution in [3.05, 3.63) is 103 Å². The molecule has 5 rings (SSSR count). The third-order valence-electron chi connectivity index (χ3n) is 8.82. The van der Waals surface area contributed by atoms with E-state index in [9.17, 15) is 25.9 Å². The summed E-state index contributed by atoms with van der Waals surface area (Å²) in [4.78, 5) is 3.13. The van der Waals surface area contributed by atoms with Crippen LogP contribution in [0.3, 0.4) is 0 Å². The first-order valence-corrected chi connectivity index (χ1v) is 19.1. The molecule has 2 aliphatic rings. The Labute approximate surface area is 292 Å². The normalized spacial score (nSPS) is 20.4. The maximum absolute atomic E-state index is 12.2. The number of hydrogen-bond donors (Lipinski definition) is 2. The van der Waals surface area contributed by atoms with Crippen molar-refractivity contribution in [1.29, 1.82) is 0 Å². The van der Waals surface area contributed by atoms with Crippen LogP contribution in [0.5, 0.6) is 0 Å². The minimum atomic E-state index is -4.78. The van der Waals surface area contributed by atoms with Gasteiger partial charge in [-0.25, -0.2) is 0 Å². The fourth-order valence-electron chi connectivity index (χ4n) is 6.80. The van der Waals surface area contributed by atoms with Gasteiger partial charge in [-0.3, -0.25) is 9.11 Å². The number of allylic oxidation sites excluding steroid dienone is 7. The van der Waals surface area contributed by atoms with Gasteiger partial charge in [-0.1, -0.05) is 70.2 Å². The number of likely N-dealkylation sites (N-methyl/N-ethyl adjacent to an activating group) is 2. The van der Waals surface area contributed by atoms with Crippen molar-refractivity contribution in [1.82, 2.24) is 0 Å². The first kappa shape index (κ1) is 34.1. The molecule has 0 radical (unpaired) electrons. The second-order valence-corrected chi connectivity index (χ2v) is 17.6. The lowest BCUT2D eigenvalue weighted by molar-refractivity contribution is 0.481. The first-order chi connectivity index (χ1) is 20.8. The standard InChI is InChI=1S/C33H34I2N2O6S2/c1-32(2)28(12-10-8-7-9-11-13-29-33(3,4)31-24(35)16-20(34)17-26(31)37(29)6)36(5)25-15-14-22-23(30(25)32)18-21(44(38,39)40)19-27(22)45(41,42)43/h7-19,28H,1-6H3,(H,38,39,40)(H,41,42,43)/b8-7+,11-9+,12-10+,29-13-. The molecule has 0 saturated carbocycles. The van der Waals surface area contributed by atoms with Gasteiger partial charge in [0.25, 0.3) is 20.2 Å². The van der Waals surface area contributed by atoms with E-state index in [1.54, 1.807) is 12.1 Å². The SMILES string of the molecule is CN1\C(=C/C=C/C=C/C=C/C2N(C)c3ccc4c(S(=O)(=O)O)cc(S(=O)(=O)O)cc4c3C2(C)C)C(C)(C)c2c(I)cc(I)cc21. The Morgan fingerprint density at radius 2 is 1.42 bits per heavy atom. The Morgan fingerprint density at radius 1 is 0.778 bits per heavy atom. The molecule has 0 aliphatic carbocycles. The number of nitrogens with zero attached hydrogens (tertiary/aromatic N) is 2. The molecule has 0 spiro atoms. The molecule has 0 fully saturated rings. The lowest BCUT2D eigenvalue weighted by atomic mass is 9.78. The van der Waals surface area contributed by atoms with Crippen molar-refractivity contribution >= 4 is 87.6 Å². The van der Waals surface area contributed by atoms with E-state index < -0.39 is 35.4 Å². The molecule has 238 valence electrons. The van der Waals surface area contributed by atoms with E-state index in [1.165, 1.54) is 30.2 Å². The summed E-state index contributed by atoms with van der Waals surface area (Å²) in [6.07, 6.45) is 14.1. The van der Waals surface area contributed by atoms with Crippen molar-refractivity contribution in [3.63, 3.8) is 0 Å². The van der Waals surface area contributed by atoms with Crippen LogP contribution in [0.4, 0.5) is 11.4 Å². The summed E-state index contributed by atoms with van der Waals surface area (Å²) in [7, 11) is -5.50. The molecule has 2 N–H and O–H groups in total. The zero-order valence-corrected chi connectivity index (χ0v) is 31.5. The molecule has 3 aromatic rings. The van der Waals surface area contributed by atoms with Crippen LogP contribution in [0.2, 0.25) is 0 Å². The van der Waals surface area contributed by atoms with Crippen molar-refractivity contribution in [2.24, 2.45) is 0 Å². The predicted molar refractivity (Wildman–Crippen MR) is 198 cm³/mol. The molecule has 45 heavy (non-hydrogen) atoms. The molecular formula is C33H34I2N2O6S2. The van der Waals surface area contributed by atoms with E-state index >= 15 is 0 Å². The molecule has 8 nitrogen and oxygen atoms in total. The number of hydrogen-bond acceptors (Lipinski definition) is 6. The van der Waals surface area contributed by atoms with Crippen LogP contribution >= 0.6 is 45.2 Å². The summed E-state index contributed by atoms with van der Waals surface area (Å²) in [6.45, 7) is 8.48. The van der Waals surface area contributed by atoms with Crippen molar-refractivity contribution in [2.75, 3.05) is 23.9 Å². The molecule has 3 aromatic carbocycles. The van der Waals surface area contributed by atoms with Gasteiger partial charge in [0.15, 0.2) is 0 Å². The topological polar surface area (TPSA) is 115 Å². The van der Waals surface area contributed by atoms with Gasteiger partial charge in [-0.05, 0) is 92.5 Å². The Kier molecular flexibility index (Phi) is 8.92. The summed E-state index contributed by atoms with van der Waals surface area (Å²) >= 11 is 4.78. The van der Waals surface area contributed by atoms with E-state index in [1.807, 2.05) is 62.3 Å². The molecule has 12 heteroatoms. The number of halogens is 2. The minimum absolute atomic E-state index is 0.124. The third-order valence-corrected chi connectivity index (χ3v) is 12.0. The highest BCUT2D eigenvalue weighted by atomic mass is 127. The van der Waals surface area contributed by atoms with E-state index in [4.69, 9.17) is 0 Å². The van der Waals surface area contributed by atoms with Crippen LogP contribution in [0, 0.1) is 7.14 Å². The maximum atomic E-state index is 12.2. The van der Waals surface area contributed by atoms with Gasteiger partial charge in [0.1, 0.15) is 4.90 Å². The zero-order valence-electron chi connectivity index (χ0n) is 25.6. The monoisotopic (exact) mass is 872 g/mol. The molecule has 0 bridgehead atoms. The van der Waals surface area contributed by atoms with Gasteiger partial charge in [0.05, 0.1) is 10.9 Å². The molecule has 1 unspecified atom stereocenters. The summed E-state index contributed by atoms with van der Waals surface area (Å²) in [5, 5.41) is 0.512. The molecule has 2 aliphatic heterocycles. The summed E-state index contributed by atoms with van der Waals surface area (Å²) in [5.41, 5.74) is 4.58. The molecule has 0 amide bonds. The third kappa shape index (κ3) is 6.02. The van der Waals surface area contributed by atoms with E-state index in [0.717, 1.165) is 17.3 Å². The lowest BCUT2D eigenvalue weighted by Gasteiger charge is -2.30. The number of anilines is 2. The molecular weight excluding hydrogens is 838 g/mol. The van der Waals surface area contributed by atoms with E-state index in [0.29, 0.717) is 5.39 Å². The van der Waals surface area contributed by atoms with E-state index in [2.05, 4.69) is 89.2 Å². The van der Waals surface area contributed by atoms with Crippen LogP contribution in [0.1, 0.15) is 38.8 Å². The van der Waals surface area contributed by atoms with Crippen LogP contribution in [-0.4, -0.2) is 46.1 Å². The van der Waals surface area contributed by atoms with Gasteiger partial charge in [0.2, 0.25) is 0 Å². The molecule has 2 heterocycles. The Morgan fingerprint density at radius 3 is 2.07 bits per heavy atom. The number of benzene rings is 3. The van der Waals surface area contributed by atoms with Crippen LogP contribution in [0.25, 0.3) is 10.8 Å². The highest BCUT2D eigenvalue weighted by molar-refractivity contribution is 14.1. The molecule has 0 saturated heterocycles. The fraction of sp³-hybridized carbons (Fsp3) is 0.273. The van der Waals surface area contributed by atoms with Gasteiger partial charge >= 0.3 is 0 Å².